The lowest BCUT2D eigenvalue weighted by Gasteiger charge is -2.29. The zero-order chi connectivity index (χ0) is 29.8. The highest BCUT2D eigenvalue weighted by Gasteiger charge is 2.37. The van der Waals surface area contributed by atoms with Gasteiger partial charge in [-0.2, -0.15) is 0 Å². The maximum Gasteiger partial charge on any atom is 0.0468 e. The zero-order valence-electron chi connectivity index (χ0n) is 25.5. The molecule has 212 valence electrons. The minimum Gasteiger partial charge on any atom is -0.310 e. The smallest absolute Gasteiger partial charge is 0.0468 e. The fraction of sp³-hybridized carbons (Fsp3) is 0.143. The predicted octanol–water partition coefficient (Wildman–Crippen LogP) is 12.1. The molecule has 0 radical (unpaired) electrons. The van der Waals surface area contributed by atoms with Crippen molar-refractivity contribution in [3.05, 3.63) is 150 Å². The number of hydrogen-bond donors (Lipinski definition) is 0. The maximum atomic E-state index is 2.47. The van der Waals surface area contributed by atoms with E-state index >= 15 is 0 Å². The normalized spacial score (nSPS) is 15.2. The van der Waals surface area contributed by atoms with E-state index in [0.29, 0.717) is 0 Å². The van der Waals surface area contributed by atoms with Gasteiger partial charge in [-0.25, -0.2) is 0 Å². The molecule has 7 aromatic rings. The molecule has 0 spiro atoms. The molecule has 1 heterocycles. The third kappa shape index (κ3) is 3.46. The lowest BCUT2D eigenvalue weighted by Crippen LogP contribution is -2.17. The van der Waals surface area contributed by atoms with E-state index in [2.05, 4.69) is 160 Å². The third-order valence-electron chi connectivity index (χ3n) is 10.3. The molecule has 2 aliphatic rings. The Kier molecular flexibility index (Phi) is 5.24. The van der Waals surface area contributed by atoms with Gasteiger partial charge in [-0.15, -0.1) is 11.3 Å². The molecule has 0 fully saturated rings. The second kappa shape index (κ2) is 8.94. The summed E-state index contributed by atoms with van der Waals surface area (Å²) in [6.45, 7) is 9.43. The number of hydrogen-bond acceptors (Lipinski definition) is 2. The summed E-state index contributed by atoms with van der Waals surface area (Å²) < 4.78 is 2.66. The fourth-order valence-electron chi connectivity index (χ4n) is 7.98. The van der Waals surface area contributed by atoms with Crippen LogP contribution >= 0.6 is 11.3 Å². The van der Waals surface area contributed by atoms with Gasteiger partial charge in [0.15, 0.2) is 0 Å². The summed E-state index contributed by atoms with van der Waals surface area (Å²) in [5.74, 6) is 0. The van der Waals surface area contributed by atoms with E-state index in [1.807, 2.05) is 11.3 Å². The molecule has 44 heavy (non-hydrogen) atoms. The van der Waals surface area contributed by atoms with Gasteiger partial charge in [0.1, 0.15) is 0 Å². The number of anilines is 3. The van der Waals surface area contributed by atoms with E-state index in [4.69, 9.17) is 0 Å². The van der Waals surface area contributed by atoms with E-state index < -0.39 is 0 Å². The van der Waals surface area contributed by atoms with Crippen LogP contribution in [0.1, 0.15) is 49.9 Å². The summed E-state index contributed by atoms with van der Waals surface area (Å²) in [6.07, 6.45) is 0. The molecule has 6 aromatic carbocycles. The monoisotopic (exact) mass is 583 g/mol. The Morgan fingerprint density at radius 1 is 0.409 bits per heavy atom. The number of fused-ring (bicyclic) bond motifs is 9. The number of thiophene rings is 1. The summed E-state index contributed by atoms with van der Waals surface area (Å²) in [5, 5.41) is 2.64. The van der Waals surface area contributed by atoms with E-state index in [-0.39, 0.29) is 10.8 Å². The van der Waals surface area contributed by atoms with Crippen LogP contribution in [0.4, 0.5) is 17.1 Å². The Hall–Kier alpha value is -4.66. The van der Waals surface area contributed by atoms with E-state index in [1.165, 1.54) is 81.7 Å². The van der Waals surface area contributed by atoms with Crippen molar-refractivity contribution in [2.24, 2.45) is 0 Å². The first kappa shape index (κ1) is 25.8. The average molecular weight is 584 g/mol. The molecule has 0 bridgehead atoms. The largest absolute Gasteiger partial charge is 0.310 e. The van der Waals surface area contributed by atoms with Crippen molar-refractivity contribution in [1.29, 1.82) is 0 Å². The minimum absolute atomic E-state index is 0.0207. The lowest BCUT2D eigenvalue weighted by atomic mass is 9.82. The van der Waals surface area contributed by atoms with Gasteiger partial charge in [0, 0.05) is 48.1 Å². The van der Waals surface area contributed by atoms with Crippen molar-refractivity contribution in [3.8, 4) is 22.3 Å². The molecule has 0 N–H and O–H groups in total. The number of nitrogens with zero attached hydrogens (tertiary/aromatic N) is 1. The minimum atomic E-state index is -0.0674. The van der Waals surface area contributed by atoms with Crippen LogP contribution < -0.4 is 4.90 Å². The third-order valence-corrected chi connectivity index (χ3v) is 11.4. The highest BCUT2D eigenvalue weighted by molar-refractivity contribution is 7.25. The molecule has 1 aromatic heterocycles. The summed E-state index contributed by atoms with van der Waals surface area (Å²) in [4.78, 5) is 2.47. The molecule has 0 unspecified atom stereocenters. The molecule has 0 aliphatic heterocycles. The van der Waals surface area contributed by atoms with E-state index in [9.17, 15) is 0 Å². The summed E-state index contributed by atoms with van der Waals surface area (Å²) in [5.41, 5.74) is 14.4. The number of rotatable bonds is 3. The topological polar surface area (TPSA) is 3.24 Å². The van der Waals surface area contributed by atoms with Crippen molar-refractivity contribution >= 4 is 48.6 Å². The first-order valence-corrected chi connectivity index (χ1v) is 16.3. The molecule has 0 amide bonds. The average Bonchev–Trinajstić information content (AvgIpc) is 3.61. The second-order valence-electron chi connectivity index (χ2n) is 13.4. The molecular formula is C42H33NS. The summed E-state index contributed by atoms with van der Waals surface area (Å²) in [7, 11) is 0. The van der Waals surface area contributed by atoms with Gasteiger partial charge in [0.2, 0.25) is 0 Å². The van der Waals surface area contributed by atoms with E-state index in [1.54, 1.807) is 0 Å². The second-order valence-corrected chi connectivity index (χ2v) is 14.5. The Bertz CT molecular complexity index is 2300. The standard InChI is InChI=1S/C42H33NS/c1-41(2)36-15-9-6-12-30(36)33-23-26(18-21-37(33)41)43(27-19-22-40-34(24-27)32-13-7-10-16-39(32)44-40)28-17-20-31-29-11-5-8-14-35(29)42(3,4)38(31)25-28/h5-25H,1-4H3. The first-order chi connectivity index (χ1) is 21.3. The predicted molar refractivity (Wildman–Crippen MR) is 189 cm³/mol. The van der Waals surface area contributed by atoms with Crippen molar-refractivity contribution in [2.45, 2.75) is 38.5 Å². The maximum absolute atomic E-state index is 2.47. The highest BCUT2D eigenvalue weighted by Crippen LogP contribution is 2.53. The van der Waals surface area contributed by atoms with Crippen LogP contribution in [0.3, 0.4) is 0 Å². The van der Waals surface area contributed by atoms with Crippen LogP contribution in [0.15, 0.2) is 127 Å². The molecule has 9 rings (SSSR count). The van der Waals surface area contributed by atoms with Crippen molar-refractivity contribution in [2.75, 3.05) is 4.90 Å². The van der Waals surface area contributed by atoms with Gasteiger partial charge >= 0.3 is 0 Å². The van der Waals surface area contributed by atoms with Crippen molar-refractivity contribution in [3.63, 3.8) is 0 Å². The van der Waals surface area contributed by atoms with Gasteiger partial charge in [0.25, 0.3) is 0 Å². The van der Waals surface area contributed by atoms with Gasteiger partial charge < -0.3 is 4.90 Å². The fourth-order valence-corrected chi connectivity index (χ4v) is 9.07. The quantitative estimate of drug-likeness (QED) is 0.200. The summed E-state index contributed by atoms with van der Waals surface area (Å²) in [6, 6.07) is 47.8. The van der Waals surface area contributed by atoms with Crippen molar-refractivity contribution in [1.82, 2.24) is 0 Å². The molecule has 0 atom stereocenters. The molecule has 2 heteroatoms. The first-order valence-electron chi connectivity index (χ1n) is 15.5. The Morgan fingerprint density at radius 3 is 1.73 bits per heavy atom. The Morgan fingerprint density at radius 2 is 0.932 bits per heavy atom. The number of benzene rings is 6. The molecule has 2 aliphatic carbocycles. The van der Waals surface area contributed by atoms with Crippen molar-refractivity contribution < 1.29 is 0 Å². The highest BCUT2D eigenvalue weighted by atomic mass is 32.1. The zero-order valence-corrected chi connectivity index (χ0v) is 26.3. The van der Waals surface area contributed by atoms with Crippen LogP contribution in [-0.4, -0.2) is 0 Å². The molecule has 0 saturated heterocycles. The molecular weight excluding hydrogens is 551 g/mol. The Balaban J connectivity index is 1.28. The molecule has 0 saturated carbocycles. The lowest BCUT2D eigenvalue weighted by molar-refractivity contribution is 0.660. The van der Waals surface area contributed by atoms with Gasteiger partial charge in [-0.1, -0.05) is 107 Å². The summed E-state index contributed by atoms with van der Waals surface area (Å²) >= 11 is 1.87. The van der Waals surface area contributed by atoms with Crippen LogP contribution in [0, 0.1) is 0 Å². The van der Waals surface area contributed by atoms with Crippen LogP contribution in [-0.2, 0) is 10.8 Å². The van der Waals surface area contributed by atoms with Crippen LogP contribution in [0.5, 0.6) is 0 Å². The van der Waals surface area contributed by atoms with Gasteiger partial charge in [-0.3, -0.25) is 0 Å². The van der Waals surface area contributed by atoms with E-state index in [0.717, 1.165) is 0 Å². The van der Waals surface area contributed by atoms with Gasteiger partial charge in [-0.05, 0) is 93.0 Å². The Labute approximate surface area is 263 Å². The van der Waals surface area contributed by atoms with Crippen LogP contribution in [0.2, 0.25) is 0 Å². The van der Waals surface area contributed by atoms with Gasteiger partial charge in [0.05, 0.1) is 0 Å². The van der Waals surface area contributed by atoms with Crippen LogP contribution in [0.25, 0.3) is 42.4 Å². The SMILES string of the molecule is CC1(C)c2ccccc2-c2cc(N(c3ccc4c(c3)C(C)(C)c3ccccc3-4)c3ccc4sc5ccccc5c4c3)ccc21. The molecule has 1 nitrogen and oxygen atoms in total.